The Morgan fingerprint density at radius 3 is 2.26 bits per heavy atom. The molecule has 1 heterocycles. The van der Waals surface area contributed by atoms with Gasteiger partial charge in [0.25, 0.3) is 0 Å². The first kappa shape index (κ1) is 15.0. The second-order valence-corrected chi connectivity index (χ2v) is 7.65. The maximum absolute atomic E-state index is 10.6. The molecule has 2 rings (SSSR count). The zero-order valence-electron chi connectivity index (χ0n) is 12.8. The minimum absolute atomic E-state index is 0.213. The molecule has 1 aromatic rings. The average Bonchev–Trinajstić information content (AvgIpc) is 2.56. The van der Waals surface area contributed by atoms with Gasteiger partial charge in [0.1, 0.15) is 0 Å². The smallest absolute Gasteiger partial charge is 0.0738 e. The number of nitrogens with zero attached hydrogens (tertiary/aromatic N) is 2. The van der Waals surface area contributed by atoms with Gasteiger partial charge in [-0.05, 0) is 46.5 Å². The molecule has 108 valence electrons. The van der Waals surface area contributed by atoms with E-state index < -0.39 is 0 Å². The van der Waals surface area contributed by atoms with E-state index in [0.717, 1.165) is 22.4 Å². The molecule has 1 saturated carbocycles. The van der Waals surface area contributed by atoms with Crippen LogP contribution < -0.4 is 0 Å². The SMILES string of the molecule is CCn1nc(C)c(Br)c1CC(O)C1C(C)(C)C1(C)C. The topological polar surface area (TPSA) is 38.0 Å². The summed E-state index contributed by atoms with van der Waals surface area (Å²) < 4.78 is 3.04. The fourth-order valence-corrected chi connectivity index (χ4v) is 4.04. The third kappa shape index (κ3) is 2.17. The summed E-state index contributed by atoms with van der Waals surface area (Å²) in [5, 5.41) is 15.1. The Hall–Kier alpha value is -0.350. The lowest BCUT2D eigenvalue weighted by Gasteiger charge is -2.14. The molecule has 0 aliphatic heterocycles. The van der Waals surface area contributed by atoms with Crippen LogP contribution in [0.1, 0.15) is 46.0 Å². The molecule has 0 aromatic carbocycles. The molecule has 0 bridgehead atoms. The van der Waals surface area contributed by atoms with Crippen LogP contribution in [0.2, 0.25) is 0 Å². The Labute approximate surface area is 124 Å². The first-order valence-corrected chi connectivity index (χ1v) is 7.83. The van der Waals surface area contributed by atoms with E-state index in [-0.39, 0.29) is 16.9 Å². The van der Waals surface area contributed by atoms with Gasteiger partial charge in [-0.3, -0.25) is 4.68 Å². The van der Waals surface area contributed by atoms with Gasteiger partial charge < -0.3 is 5.11 Å². The highest BCUT2D eigenvalue weighted by Gasteiger charge is 2.67. The summed E-state index contributed by atoms with van der Waals surface area (Å²) in [5.74, 6) is 0.354. The molecule has 1 aromatic heterocycles. The molecule has 1 aliphatic carbocycles. The Bertz CT molecular complexity index is 477. The summed E-state index contributed by atoms with van der Waals surface area (Å²) >= 11 is 3.60. The first-order valence-electron chi connectivity index (χ1n) is 7.04. The average molecular weight is 329 g/mol. The third-order valence-electron chi connectivity index (χ3n) is 5.37. The maximum atomic E-state index is 10.6. The molecule has 0 amide bonds. The van der Waals surface area contributed by atoms with Crippen LogP contribution in [0, 0.1) is 23.7 Å². The number of aromatic nitrogens is 2. The van der Waals surface area contributed by atoms with E-state index in [0.29, 0.717) is 12.3 Å². The summed E-state index contributed by atoms with van der Waals surface area (Å²) in [6.45, 7) is 13.9. The van der Waals surface area contributed by atoms with Crippen LogP contribution in [-0.2, 0) is 13.0 Å². The molecule has 1 N–H and O–H groups in total. The van der Waals surface area contributed by atoms with Crippen molar-refractivity contribution < 1.29 is 5.11 Å². The van der Waals surface area contributed by atoms with E-state index >= 15 is 0 Å². The highest BCUT2D eigenvalue weighted by Crippen LogP contribution is 2.69. The first-order chi connectivity index (χ1) is 8.64. The number of aliphatic hydroxyl groups is 1. The number of rotatable bonds is 4. The normalized spacial score (nSPS) is 22.5. The van der Waals surface area contributed by atoms with E-state index in [4.69, 9.17) is 0 Å². The van der Waals surface area contributed by atoms with E-state index in [1.54, 1.807) is 0 Å². The zero-order chi connectivity index (χ0) is 14.6. The molecule has 0 saturated heterocycles. The van der Waals surface area contributed by atoms with Crippen LogP contribution in [0.25, 0.3) is 0 Å². The zero-order valence-corrected chi connectivity index (χ0v) is 14.4. The van der Waals surface area contributed by atoms with Gasteiger partial charge in [-0.25, -0.2) is 0 Å². The van der Waals surface area contributed by atoms with Crippen LogP contribution in [0.4, 0.5) is 0 Å². The van der Waals surface area contributed by atoms with E-state index in [2.05, 4.69) is 55.6 Å². The molecule has 19 heavy (non-hydrogen) atoms. The molecule has 0 radical (unpaired) electrons. The van der Waals surface area contributed by atoms with Gasteiger partial charge >= 0.3 is 0 Å². The van der Waals surface area contributed by atoms with Crippen LogP contribution in [-0.4, -0.2) is 21.0 Å². The number of hydrogen-bond donors (Lipinski definition) is 1. The Kier molecular flexibility index (Phi) is 3.63. The molecule has 1 atom stereocenters. The summed E-state index contributed by atoms with van der Waals surface area (Å²) in [6.07, 6.45) is 0.370. The van der Waals surface area contributed by atoms with Crippen molar-refractivity contribution >= 4 is 15.9 Å². The van der Waals surface area contributed by atoms with Crippen LogP contribution in [0.5, 0.6) is 0 Å². The van der Waals surface area contributed by atoms with Gasteiger partial charge in [0, 0.05) is 13.0 Å². The number of aliphatic hydroxyl groups excluding tert-OH is 1. The molecule has 1 unspecified atom stereocenters. The summed E-state index contributed by atoms with van der Waals surface area (Å²) in [7, 11) is 0. The summed E-state index contributed by atoms with van der Waals surface area (Å²) in [4.78, 5) is 0. The summed E-state index contributed by atoms with van der Waals surface area (Å²) in [6, 6.07) is 0. The lowest BCUT2D eigenvalue weighted by atomic mass is 10.0. The lowest BCUT2D eigenvalue weighted by molar-refractivity contribution is 0.127. The standard InChI is InChI=1S/C15H25BrN2O/c1-7-18-10(12(16)9(2)17-18)8-11(19)13-14(3,4)15(13,5)6/h11,13,19H,7-8H2,1-6H3. The van der Waals surface area contributed by atoms with Crippen molar-refractivity contribution in [2.45, 2.75) is 60.6 Å². The molecule has 0 spiro atoms. The van der Waals surface area contributed by atoms with Crippen molar-refractivity contribution in [2.24, 2.45) is 16.7 Å². The molecular weight excluding hydrogens is 304 g/mol. The number of hydrogen-bond acceptors (Lipinski definition) is 2. The predicted molar refractivity (Wildman–Crippen MR) is 81.1 cm³/mol. The van der Waals surface area contributed by atoms with Gasteiger partial charge in [-0.2, -0.15) is 5.10 Å². The maximum Gasteiger partial charge on any atom is 0.0738 e. The molecule has 1 fully saturated rings. The molecule has 4 heteroatoms. The van der Waals surface area contributed by atoms with Crippen molar-refractivity contribution in [3.63, 3.8) is 0 Å². The lowest BCUT2D eigenvalue weighted by Crippen LogP contribution is -2.20. The highest BCUT2D eigenvalue weighted by atomic mass is 79.9. The predicted octanol–water partition coefficient (Wildman–Crippen LogP) is 3.56. The highest BCUT2D eigenvalue weighted by molar-refractivity contribution is 9.10. The van der Waals surface area contributed by atoms with Gasteiger partial charge in [0.05, 0.1) is 22.0 Å². The minimum Gasteiger partial charge on any atom is -0.392 e. The van der Waals surface area contributed by atoms with Crippen molar-refractivity contribution in [1.29, 1.82) is 0 Å². The molecule has 1 aliphatic rings. The van der Waals surface area contributed by atoms with E-state index in [1.165, 1.54) is 0 Å². The van der Waals surface area contributed by atoms with Crippen molar-refractivity contribution in [1.82, 2.24) is 9.78 Å². The molecule has 3 nitrogen and oxygen atoms in total. The van der Waals surface area contributed by atoms with Gasteiger partial charge in [0.2, 0.25) is 0 Å². The van der Waals surface area contributed by atoms with Crippen LogP contribution >= 0.6 is 15.9 Å². The number of aryl methyl sites for hydroxylation is 2. The quantitative estimate of drug-likeness (QED) is 0.917. The third-order valence-corrected chi connectivity index (χ3v) is 6.40. The van der Waals surface area contributed by atoms with E-state index in [9.17, 15) is 5.11 Å². The van der Waals surface area contributed by atoms with Crippen molar-refractivity contribution in [3.8, 4) is 0 Å². The molecular formula is C15H25BrN2O. The second kappa shape index (κ2) is 4.59. The van der Waals surface area contributed by atoms with Gasteiger partial charge in [0.15, 0.2) is 0 Å². The Balaban J connectivity index is 2.19. The fourth-order valence-electron chi connectivity index (χ4n) is 3.59. The van der Waals surface area contributed by atoms with Crippen LogP contribution in [0.15, 0.2) is 4.47 Å². The number of halogens is 1. The van der Waals surface area contributed by atoms with Gasteiger partial charge in [-0.1, -0.05) is 27.7 Å². The largest absolute Gasteiger partial charge is 0.392 e. The minimum atomic E-state index is -0.303. The monoisotopic (exact) mass is 328 g/mol. The second-order valence-electron chi connectivity index (χ2n) is 6.85. The van der Waals surface area contributed by atoms with E-state index in [1.807, 2.05) is 11.6 Å². The Morgan fingerprint density at radius 2 is 1.84 bits per heavy atom. The Morgan fingerprint density at radius 1 is 1.32 bits per heavy atom. The summed E-state index contributed by atoms with van der Waals surface area (Å²) in [5.41, 5.74) is 2.54. The van der Waals surface area contributed by atoms with Crippen molar-refractivity contribution in [2.75, 3.05) is 0 Å². The van der Waals surface area contributed by atoms with Crippen molar-refractivity contribution in [3.05, 3.63) is 15.9 Å². The van der Waals surface area contributed by atoms with Gasteiger partial charge in [-0.15, -0.1) is 0 Å². The fraction of sp³-hybridized carbons (Fsp3) is 0.800. The van der Waals surface area contributed by atoms with Crippen LogP contribution in [0.3, 0.4) is 0 Å².